The van der Waals surface area contributed by atoms with Crippen LogP contribution in [0.5, 0.6) is 0 Å². The monoisotopic (exact) mass is 290 g/mol. The quantitative estimate of drug-likeness (QED) is 0.835. The van der Waals surface area contributed by atoms with Crippen molar-refractivity contribution in [3.8, 4) is 0 Å². The van der Waals surface area contributed by atoms with Gasteiger partial charge < -0.3 is 4.90 Å². The SMILES string of the molecule is Cc1c(C(=O)N2CCN(C3CC3)CC2)cnn1C(C)(C)C. The summed E-state index contributed by atoms with van der Waals surface area (Å²) in [4.78, 5) is 17.2. The third-order valence-electron chi connectivity index (χ3n) is 4.54. The van der Waals surface area contributed by atoms with Crippen molar-refractivity contribution in [2.45, 2.75) is 52.1 Å². The third-order valence-corrected chi connectivity index (χ3v) is 4.54. The van der Waals surface area contributed by atoms with E-state index in [9.17, 15) is 4.79 Å². The second-order valence-electron chi connectivity index (χ2n) is 7.29. The van der Waals surface area contributed by atoms with Gasteiger partial charge in [-0.3, -0.25) is 14.4 Å². The number of nitrogens with zero attached hydrogens (tertiary/aromatic N) is 4. The Morgan fingerprint density at radius 3 is 2.29 bits per heavy atom. The maximum absolute atomic E-state index is 12.7. The van der Waals surface area contributed by atoms with Crippen molar-refractivity contribution in [2.75, 3.05) is 26.2 Å². The standard InChI is InChI=1S/C16H26N4O/c1-12-14(11-17-20(12)16(2,3)4)15(21)19-9-7-18(8-10-19)13-5-6-13/h11,13H,5-10H2,1-4H3. The van der Waals surface area contributed by atoms with Gasteiger partial charge in [0.05, 0.1) is 17.3 Å². The van der Waals surface area contributed by atoms with E-state index in [1.165, 1.54) is 12.8 Å². The smallest absolute Gasteiger partial charge is 0.257 e. The second-order valence-corrected chi connectivity index (χ2v) is 7.29. The molecule has 0 atom stereocenters. The fraction of sp³-hybridized carbons (Fsp3) is 0.750. The molecule has 0 N–H and O–H groups in total. The van der Waals surface area contributed by atoms with Crippen LogP contribution in [-0.4, -0.2) is 57.7 Å². The van der Waals surface area contributed by atoms with Gasteiger partial charge in [0, 0.05) is 37.9 Å². The van der Waals surface area contributed by atoms with E-state index in [1.807, 2.05) is 16.5 Å². The van der Waals surface area contributed by atoms with Crippen molar-refractivity contribution in [2.24, 2.45) is 0 Å². The first kappa shape index (κ1) is 14.6. The van der Waals surface area contributed by atoms with Crippen LogP contribution in [-0.2, 0) is 5.54 Å². The van der Waals surface area contributed by atoms with Crippen molar-refractivity contribution in [1.29, 1.82) is 0 Å². The molecule has 1 aromatic heterocycles. The summed E-state index contributed by atoms with van der Waals surface area (Å²) < 4.78 is 1.95. The molecular weight excluding hydrogens is 264 g/mol. The zero-order valence-electron chi connectivity index (χ0n) is 13.6. The summed E-state index contributed by atoms with van der Waals surface area (Å²) in [6, 6.07) is 0.799. The minimum atomic E-state index is -0.0900. The van der Waals surface area contributed by atoms with Gasteiger partial charge in [0.2, 0.25) is 0 Å². The maximum Gasteiger partial charge on any atom is 0.257 e. The van der Waals surface area contributed by atoms with E-state index < -0.39 is 0 Å². The summed E-state index contributed by atoms with van der Waals surface area (Å²) in [5.74, 6) is 0.137. The highest BCUT2D eigenvalue weighted by atomic mass is 16.2. The van der Waals surface area contributed by atoms with Gasteiger partial charge in [-0.1, -0.05) is 0 Å². The lowest BCUT2D eigenvalue weighted by Crippen LogP contribution is -2.49. The van der Waals surface area contributed by atoms with Gasteiger partial charge in [-0.15, -0.1) is 0 Å². The third kappa shape index (κ3) is 2.84. The molecule has 1 amide bonds. The Morgan fingerprint density at radius 2 is 1.81 bits per heavy atom. The molecule has 0 aromatic carbocycles. The molecule has 2 heterocycles. The Hall–Kier alpha value is -1.36. The number of piperazine rings is 1. The molecule has 3 rings (SSSR count). The number of aromatic nitrogens is 2. The van der Waals surface area contributed by atoms with E-state index in [1.54, 1.807) is 6.20 Å². The first-order chi connectivity index (χ1) is 9.88. The summed E-state index contributed by atoms with van der Waals surface area (Å²) in [5.41, 5.74) is 1.63. The number of hydrogen-bond acceptors (Lipinski definition) is 3. The van der Waals surface area contributed by atoms with Gasteiger partial charge >= 0.3 is 0 Å². The molecule has 21 heavy (non-hydrogen) atoms. The summed E-state index contributed by atoms with van der Waals surface area (Å²) in [6.45, 7) is 12.0. The Labute approximate surface area is 126 Å². The predicted molar refractivity (Wildman–Crippen MR) is 82.5 cm³/mol. The van der Waals surface area contributed by atoms with Crippen LogP contribution in [0.3, 0.4) is 0 Å². The molecule has 1 aliphatic heterocycles. The largest absolute Gasteiger partial charge is 0.336 e. The van der Waals surface area contributed by atoms with Crippen LogP contribution < -0.4 is 0 Å². The molecule has 1 saturated heterocycles. The predicted octanol–water partition coefficient (Wildman–Crippen LogP) is 1.87. The highest BCUT2D eigenvalue weighted by Gasteiger charge is 2.33. The topological polar surface area (TPSA) is 41.4 Å². The normalized spacial score (nSPS) is 20.9. The van der Waals surface area contributed by atoms with Gasteiger partial charge in [0.15, 0.2) is 0 Å². The van der Waals surface area contributed by atoms with Crippen LogP contribution in [0, 0.1) is 6.92 Å². The molecule has 5 nitrogen and oxygen atoms in total. The molecule has 2 fully saturated rings. The number of hydrogen-bond donors (Lipinski definition) is 0. The van der Waals surface area contributed by atoms with Gasteiger partial charge in [-0.2, -0.15) is 5.10 Å². The van der Waals surface area contributed by atoms with Crippen molar-refractivity contribution < 1.29 is 4.79 Å². The van der Waals surface area contributed by atoms with Crippen molar-refractivity contribution in [1.82, 2.24) is 19.6 Å². The lowest BCUT2D eigenvalue weighted by Gasteiger charge is -2.34. The van der Waals surface area contributed by atoms with E-state index in [0.717, 1.165) is 43.5 Å². The van der Waals surface area contributed by atoms with Crippen molar-refractivity contribution >= 4 is 5.91 Å². The van der Waals surface area contributed by atoms with Crippen LogP contribution in [0.4, 0.5) is 0 Å². The van der Waals surface area contributed by atoms with Gasteiger partial charge in [-0.25, -0.2) is 0 Å². The number of carbonyl (C=O) groups is 1. The van der Waals surface area contributed by atoms with Gasteiger partial charge in [0.1, 0.15) is 0 Å². The Morgan fingerprint density at radius 1 is 1.19 bits per heavy atom. The summed E-state index contributed by atoms with van der Waals surface area (Å²) >= 11 is 0. The minimum absolute atomic E-state index is 0.0900. The lowest BCUT2D eigenvalue weighted by atomic mass is 10.1. The average Bonchev–Trinajstić information content (AvgIpc) is 3.20. The summed E-state index contributed by atoms with van der Waals surface area (Å²) in [6.07, 6.45) is 4.41. The second kappa shape index (κ2) is 5.13. The van der Waals surface area contributed by atoms with Crippen molar-refractivity contribution in [3.05, 3.63) is 17.5 Å². The molecule has 0 bridgehead atoms. The van der Waals surface area contributed by atoms with E-state index in [4.69, 9.17) is 0 Å². The minimum Gasteiger partial charge on any atom is -0.336 e. The van der Waals surface area contributed by atoms with Crippen molar-refractivity contribution in [3.63, 3.8) is 0 Å². The van der Waals surface area contributed by atoms with Crippen LogP contribution in [0.15, 0.2) is 6.20 Å². The molecular formula is C16H26N4O. The van der Waals surface area contributed by atoms with Crippen LogP contribution in [0.2, 0.25) is 0 Å². The number of carbonyl (C=O) groups excluding carboxylic acids is 1. The Balaban J connectivity index is 1.69. The molecule has 1 saturated carbocycles. The number of rotatable bonds is 2. The molecule has 5 heteroatoms. The molecule has 1 aliphatic carbocycles. The van der Waals surface area contributed by atoms with Gasteiger partial charge in [0.25, 0.3) is 5.91 Å². The maximum atomic E-state index is 12.7. The van der Waals surface area contributed by atoms with Gasteiger partial charge in [-0.05, 0) is 40.5 Å². The highest BCUT2D eigenvalue weighted by molar-refractivity contribution is 5.95. The van der Waals surface area contributed by atoms with Crippen LogP contribution in [0.25, 0.3) is 0 Å². The van der Waals surface area contributed by atoms with E-state index in [2.05, 4.69) is 30.8 Å². The molecule has 2 aliphatic rings. The average molecular weight is 290 g/mol. The molecule has 0 unspecified atom stereocenters. The van der Waals surface area contributed by atoms with E-state index in [-0.39, 0.29) is 11.4 Å². The Bertz CT molecular complexity index is 531. The highest BCUT2D eigenvalue weighted by Crippen LogP contribution is 2.28. The molecule has 1 aromatic rings. The number of amides is 1. The summed E-state index contributed by atoms with van der Waals surface area (Å²) in [5, 5.41) is 4.41. The molecule has 0 spiro atoms. The lowest BCUT2D eigenvalue weighted by molar-refractivity contribution is 0.0626. The van der Waals surface area contributed by atoms with Crippen LogP contribution >= 0.6 is 0 Å². The first-order valence-corrected chi connectivity index (χ1v) is 7.96. The fourth-order valence-electron chi connectivity index (χ4n) is 3.20. The van der Waals surface area contributed by atoms with E-state index in [0.29, 0.717) is 0 Å². The fourth-order valence-corrected chi connectivity index (χ4v) is 3.20. The Kier molecular flexibility index (Phi) is 3.56. The van der Waals surface area contributed by atoms with E-state index >= 15 is 0 Å². The van der Waals surface area contributed by atoms with Crippen LogP contribution in [0.1, 0.15) is 49.7 Å². The summed E-state index contributed by atoms with van der Waals surface area (Å²) in [7, 11) is 0. The molecule has 116 valence electrons. The first-order valence-electron chi connectivity index (χ1n) is 7.96. The molecule has 0 radical (unpaired) electrons. The zero-order chi connectivity index (χ0) is 15.2. The zero-order valence-corrected chi connectivity index (χ0v) is 13.6.